The van der Waals surface area contributed by atoms with Crippen molar-refractivity contribution in [2.45, 2.75) is 43.4 Å². The number of hydrogen-bond donors (Lipinski definition) is 8. The standard InChI is InChI=1S/C10H14N5O8P.C5H9NO3/c11-10-13-7-4(8(18)14-10)12-2-15(7)9-6(17)5(16)3(23-9)1-22-24(19,20)21;7-5(8)4-2-1-3-6(4)9/h2-3,5-6,9,16-17H,1H2,(H2,19,20,21)(H3,11,13,14,18);4,9H,1-3H2,(H,7,8)/t3-,5-,6-,9-;/m1./s1. The van der Waals surface area contributed by atoms with Gasteiger partial charge in [-0.25, -0.2) is 9.55 Å². The Hall–Kier alpha value is -2.47. The van der Waals surface area contributed by atoms with Gasteiger partial charge in [0, 0.05) is 6.54 Å². The van der Waals surface area contributed by atoms with E-state index in [1.165, 1.54) is 10.9 Å². The molecule has 2 aliphatic rings. The molecule has 184 valence electrons. The van der Waals surface area contributed by atoms with Gasteiger partial charge < -0.3 is 40.8 Å². The minimum absolute atomic E-state index is 0.0176. The summed E-state index contributed by atoms with van der Waals surface area (Å²) in [5, 5.41) is 38.1. The van der Waals surface area contributed by atoms with E-state index in [-0.39, 0.29) is 17.1 Å². The molecule has 0 amide bonds. The molecule has 0 spiro atoms. The number of carboxylic acids is 1. The van der Waals surface area contributed by atoms with Crippen LogP contribution in [0, 0.1) is 0 Å². The van der Waals surface area contributed by atoms with Crippen LogP contribution in [0.5, 0.6) is 0 Å². The number of aromatic nitrogens is 4. The van der Waals surface area contributed by atoms with E-state index >= 15 is 0 Å². The molecule has 2 fully saturated rings. The van der Waals surface area contributed by atoms with Crippen LogP contribution in [0.4, 0.5) is 5.95 Å². The van der Waals surface area contributed by atoms with E-state index in [4.69, 9.17) is 30.6 Å². The zero-order valence-electron chi connectivity index (χ0n) is 16.8. The first-order chi connectivity index (χ1) is 15.4. The van der Waals surface area contributed by atoms with Crippen LogP contribution in [0.25, 0.3) is 11.2 Å². The first-order valence-electron chi connectivity index (χ1n) is 9.51. The van der Waals surface area contributed by atoms with Gasteiger partial charge in [0.25, 0.3) is 5.56 Å². The molecule has 0 aliphatic carbocycles. The molecule has 18 heteroatoms. The van der Waals surface area contributed by atoms with Gasteiger partial charge in [-0.2, -0.15) is 10.0 Å². The Balaban J connectivity index is 0.000000286. The molecule has 4 rings (SSSR count). The fourth-order valence-corrected chi connectivity index (χ4v) is 3.74. The molecule has 5 atom stereocenters. The summed E-state index contributed by atoms with van der Waals surface area (Å²) >= 11 is 0. The highest BCUT2D eigenvalue weighted by atomic mass is 31.2. The van der Waals surface area contributed by atoms with Crippen LogP contribution < -0.4 is 11.3 Å². The fraction of sp³-hybridized carbons (Fsp3) is 0.600. The van der Waals surface area contributed by atoms with Gasteiger partial charge in [-0.1, -0.05) is 0 Å². The second kappa shape index (κ2) is 9.80. The first-order valence-corrected chi connectivity index (χ1v) is 11.0. The minimum Gasteiger partial charge on any atom is -0.480 e. The number of nitrogen functional groups attached to an aromatic ring is 1. The molecule has 33 heavy (non-hydrogen) atoms. The molecule has 0 saturated carbocycles. The van der Waals surface area contributed by atoms with Crippen molar-refractivity contribution in [1.82, 2.24) is 24.6 Å². The Bertz CT molecular complexity index is 1100. The van der Waals surface area contributed by atoms with Gasteiger partial charge in [-0.3, -0.25) is 23.7 Å². The number of aliphatic hydroxyl groups excluding tert-OH is 2. The Morgan fingerprint density at radius 1 is 1.36 bits per heavy atom. The fourth-order valence-electron chi connectivity index (χ4n) is 3.40. The summed E-state index contributed by atoms with van der Waals surface area (Å²) in [4.78, 5) is 49.3. The predicted molar refractivity (Wildman–Crippen MR) is 106 cm³/mol. The number of imidazole rings is 1. The van der Waals surface area contributed by atoms with Crippen molar-refractivity contribution in [3.05, 3.63) is 16.7 Å². The third-order valence-electron chi connectivity index (χ3n) is 4.98. The van der Waals surface area contributed by atoms with E-state index in [1.807, 2.05) is 0 Å². The lowest BCUT2D eigenvalue weighted by molar-refractivity contribution is -0.160. The number of aromatic amines is 1. The van der Waals surface area contributed by atoms with E-state index < -0.39 is 56.5 Å². The highest BCUT2D eigenvalue weighted by molar-refractivity contribution is 7.46. The van der Waals surface area contributed by atoms with Gasteiger partial charge in [0.2, 0.25) is 5.95 Å². The lowest BCUT2D eigenvalue weighted by Crippen LogP contribution is -2.33. The summed E-state index contributed by atoms with van der Waals surface area (Å²) in [5.41, 5.74) is 4.84. The van der Waals surface area contributed by atoms with Crippen LogP contribution in [0.2, 0.25) is 0 Å². The number of phosphoric ester groups is 1. The number of carboxylic acid groups (broad SMARTS) is 1. The van der Waals surface area contributed by atoms with Gasteiger partial charge in [-0.15, -0.1) is 0 Å². The zero-order chi connectivity index (χ0) is 24.5. The Morgan fingerprint density at radius 2 is 2.06 bits per heavy atom. The number of carbonyl (C=O) groups is 1. The SMILES string of the molecule is Nc1nc2c(ncn2[C@@H]2O[C@H](COP(=O)(O)O)[C@@H](O)[C@H]2O)c(=O)[nH]1.O=C(O)C1CCCN1O. The molecule has 2 aromatic heterocycles. The third-order valence-corrected chi connectivity index (χ3v) is 5.46. The number of ether oxygens (including phenoxy) is 1. The van der Waals surface area contributed by atoms with Crippen molar-refractivity contribution >= 4 is 30.9 Å². The first kappa shape index (κ1) is 25.2. The Kier molecular flexibility index (Phi) is 7.47. The molecule has 0 bridgehead atoms. The van der Waals surface area contributed by atoms with Crippen molar-refractivity contribution in [3.63, 3.8) is 0 Å². The normalized spacial score (nSPS) is 28.1. The summed E-state index contributed by atoms with van der Waals surface area (Å²) in [6.07, 6.45) is -2.88. The molecule has 0 radical (unpaired) electrons. The molecule has 9 N–H and O–H groups in total. The summed E-state index contributed by atoms with van der Waals surface area (Å²) < 4.78 is 21.6. The van der Waals surface area contributed by atoms with Crippen LogP contribution in [0.3, 0.4) is 0 Å². The highest BCUT2D eigenvalue weighted by Crippen LogP contribution is 2.38. The second-order valence-corrected chi connectivity index (χ2v) is 8.51. The molecule has 2 aromatic rings. The van der Waals surface area contributed by atoms with Gasteiger partial charge >= 0.3 is 13.8 Å². The van der Waals surface area contributed by atoms with Crippen LogP contribution in [-0.4, -0.2) is 98.4 Å². The largest absolute Gasteiger partial charge is 0.480 e. The Labute approximate surface area is 184 Å². The number of hydrogen-bond acceptors (Lipinski definition) is 12. The van der Waals surface area contributed by atoms with Gasteiger partial charge in [0.05, 0.1) is 12.9 Å². The van der Waals surface area contributed by atoms with Crippen molar-refractivity contribution in [2.24, 2.45) is 0 Å². The number of phosphoric acid groups is 1. The second-order valence-electron chi connectivity index (χ2n) is 7.27. The molecule has 2 saturated heterocycles. The van der Waals surface area contributed by atoms with Crippen LogP contribution in [-0.2, 0) is 18.6 Å². The predicted octanol–water partition coefficient (Wildman–Crippen LogP) is -2.65. The van der Waals surface area contributed by atoms with Gasteiger partial charge in [0.15, 0.2) is 17.4 Å². The van der Waals surface area contributed by atoms with Crippen LogP contribution in [0.1, 0.15) is 19.1 Å². The van der Waals surface area contributed by atoms with Crippen LogP contribution >= 0.6 is 7.82 Å². The smallest absolute Gasteiger partial charge is 0.469 e. The average molecular weight is 494 g/mol. The van der Waals surface area contributed by atoms with Crippen molar-refractivity contribution in [3.8, 4) is 0 Å². The summed E-state index contributed by atoms with van der Waals surface area (Å²) in [6, 6.07) is -0.662. The number of hydroxylamine groups is 2. The molecule has 2 aliphatic heterocycles. The summed E-state index contributed by atoms with van der Waals surface area (Å²) in [6.45, 7) is -0.168. The van der Waals surface area contributed by atoms with E-state index in [9.17, 15) is 24.4 Å². The quantitative estimate of drug-likeness (QED) is 0.197. The molecule has 17 nitrogen and oxygen atoms in total. The summed E-state index contributed by atoms with van der Waals surface area (Å²) in [7, 11) is -4.76. The summed E-state index contributed by atoms with van der Waals surface area (Å²) in [5.74, 6) is -1.11. The third kappa shape index (κ3) is 5.72. The van der Waals surface area contributed by atoms with E-state index in [0.29, 0.717) is 13.0 Å². The van der Waals surface area contributed by atoms with Crippen LogP contribution in [0.15, 0.2) is 11.1 Å². The topological polar surface area (TPSA) is 267 Å². The number of nitrogens with zero attached hydrogens (tertiary/aromatic N) is 4. The maximum absolute atomic E-state index is 11.7. The monoisotopic (exact) mass is 494 g/mol. The number of aliphatic hydroxyl groups is 2. The van der Waals surface area contributed by atoms with Gasteiger partial charge in [0.1, 0.15) is 24.4 Å². The van der Waals surface area contributed by atoms with E-state index in [2.05, 4.69) is 19.5 Å². The van der Waals surface area contributed by atoms with Crippen molar-refractivity contribution < 1.29 is 48.9 Å². The highest BCUT2D eigenvalue weighted by Gasteiger charge is 2.45. The number of fused-ring (bicyclic) bond motifs is 1. The minimum atomic E-state index is -4.76. The molecule has 1 unspecified atom stereocenters. The average Bonchev–Trinajstić information content (AvgIpc) is 3.39. The molecular weight excluding hydrogens is 471 g/mol. The van der Waals surface area contributed by atoms with Gasteiger partial charge in [-0.05, 0) is 12.8 Å². The molecule has 0 aromatic carbocycles. The maximum atomic E-state index is 11.7. The lowest BCUT2D eigenvalue weighted by Gasteiger charge is -2.16. The van der Waals surface area contributed by atoms with E-state index in [1.54, 1.807) is 0 Å². The number of aliphatic carboxylic acids is 1. The number of nitrogens with two attached hydrogens (primary N) is 1. The van der Waals surface area contributed by atoms with Crippen molar-refractivity contribution in [1.29, 1.82) is 0 Å². The molecule has 4 heterocycles. The molecular formula is C15H23N6O11P. The Morgan fingerprint density at radius 3 is 2.61 bits per heavy atom. The number of H-pyrrole nitrogens is 1. The van der Waals surface area contributed by atoms with Crippen molar-refractivity contribution in [2.75, 3.05) is 18.9 Å². The number of anilines is 1. The maximum Gasteiger partial charge on any atom is 0.469 e. The van der Waals surface area contributed by atoms with E-state index in [0.717, 1.165) is 11.5 Å². The zero-order valence-corrected chi connectivity index (χ0v) is 17.7. The number of rotatable bonds is 5. The lowest BCUT2D eigenvalue weighted by atomic mass is 10.1. The number of nitrogens with one attached hydrogen (secondary N) is 1.